The van der Waals surface area contributed by atoms with E-state index in [9.17, 15) is 9.59 Å². The first-order valence-electron chi connectivity index (χ1n) is 5.47. The number of aliphatic carboxylic acids is 1. The largest absolute Gasteiger partial charge is 0.481 e. The molecule has 0 aliphatic heterocycles. The minimum atomic E-state index is -0.932. The topological polar surface area (TPSA) is 78.4 Å². The van der Waals surface area contributed by atoms with Crippen LogP contribution in [0, 0.1) is 0 Å². The zero-order chi connectivity index (χ0) is 12.7. The highest BCUT2D eigenvalue weighted by Crippen LogP contribution is 2.10. The molecule has 1 aromatic carbocycles. The number of carbonyl (C=O) groups excluding carboxylic acids is 1. The quantitative estimate of drug-likeness (QED) is 0.730. The molecule has 0 bridgehead atoms. The zero-order valence-corrected chi connectivity index (χ0v) is 9.69. The summed E-state index contributed by atoms with van der Waals surface area (Å²) in [4.78, 5) is 21.6. The van der Waals surface area contributed by atoms with E-state index in [1.165, 1.54) is 0 Å². The number of carboxylic acids is 1. The van der Waals surface area contributed by atoms with Crippen LogP contribution in [-0.4, -0.2) is 23.7 Å². The predicted octanol–water partition coefficient (Wildman–Crippen LogP) is 1.85. The SMILES string of the molecule is CCc1cccc(NC(=O)NCCC(=O)O)c1. The zero-order valence-electron chi connectivity index (χ0n) is 9.69. The maximum Gasteiger partial charge on any atom is 0.319 e. The van der Waals surface area contributed by atoms with Crippen molar-refractivity contribution in [1.82, 2.24) is 5.32 Å². The highest BCUT2D eigenvalue weighted by atomic mass is 16.4. The number of benzene rings is 1. The fourth-order valence-corrected chi connectivity index (χ4v) is 1.33. The standard InChI is InChI=1S/C12H16N2O3/c1-2-9-4-3-5-10(8-9)14-12(17)13-7-6-11(15)16/h3-5,8H,2,6-7H2,1H3,(H,15,16)(H2,13,14,17). The third-order valence-corrected chi connectivity index (χ3v) is 2.22. The van der Waals surface area contributed by atoms with E-state index in [0.717, 1.165) is 12.0 Å². The van der Waals surface area contributed by atoms with E-state index in [1.807, 2.05) is 25.1 Å². The van der Waals surface area contributed by atoms with Gasteiger partial charge in [-0.1, -0.05) is 19.1 Å². The molecule has 0 atom stereocenters. The van der Waals surface area contributed by atoms with Gasteiger partial charge in [0.25, 0.3) is 0 Å². The molecule has 2 amide bonds. The average Bonchev–Trinajstić information content (AvgIpc) is 2.28. The van der Waals surface area contributed by atoms with Crippen LogP contribution in [0.2, 0.25) is 0 Å². The molecule has 5 nitrogen and oxygen atoms in total. The van der Waals surface area contributed by atoms with Gasteiger partial charge in [-0.25, -0.2) is 4.79 Å². The first-order chi connectivity index (χ1) is 8.11. The van der Waals surface area contributed by atoms with Crippen LogP contribution in [0.15, 0.2) is 24.3 Å². The predicted molar refractivity (Wildman–Crippen MR) is 65.1 cm³/mol. The Morgan fingerprint density at radius 3 is 2.76 bits per heavy atom. The molecule has 0 radical (unpaired) electrons. The second kappa shape index (κ2) is 6.52. The summed E-state index contributed by atoms with van der Waals surface area (Å²) in [5.41, 5.74) is 1.84. The summed E-state index contributed by atoms with van der Waals surface area (Å²) in [6, 6.07) is 7.13. The average molecular weight is 236 g/mol. The lowest BCUT2D eigenvalue weighted by atomic mass is 10.1. The summed E-state index contributed by atoms with van der Waals surface area (Å²) in [6.45, 7) is 2.15. The smallest absolute Gasteiger partial charge is 0.319 e. The summed E-state index contributed by atoms with van der Waals surface area (Å²) in [5.74, 6) is -0.932. The van der Waals surface area contributed by atoms with Crippen molar-refractivity contribution in [3.63, 3.8) is 0 Å². The molecule has 0 heterocycles. The molecular formula is C12H16N2O3. The van der Waals surface area contributed by atoms with Gasteiger partial charge in [0.1, 0.15) is 0 Å². The minimum absolute atomic E-state index is 0.0809. The molecule has 1 aromatic rings. The highest BCUT2D eigenvalue weighted by Gasteiger charge is 2.02. The molecule has 5 heteroatoms. The third-order valence-electron chi connectivity index (χ3n) is 2.22. The van der Waals surface area contributed by atoms with Crippen LogP contribution in [0.4, 0.5) is 10.5 Å². The van der Waals surface area contributed by atoms with E-state index in [0.29, 0.717) is 5.69 Å². The van der Waals surface area contributed by atoms with Gasteiger partial charge in [0.05, 0.1) is 6.42 Å². The second-order valence-electron chi connectivity index (χ2n) is 3.58. The Morgan fingerprint density at radius 1 is 1.35 bits per heavy atom. The summed E-state index contributed by atoms with van der Waals surface area (Å²) >= 11 is 0. The molecule has 0 aromatic heterocycles. The maximum atomic E-state index is 11.4. The van der Waals surface area contributed by atoms with E-state index >= 15 is 0 Å². The third kappa shape index (κ3) is 5.01. The van der Waals surface area contributed by atoms with E-state index in [4.69, 9.17) is 5.11 Å². The number of nitrogens with one attached hydrogen (secondary N) is 2. The number of carbonyl (C=O) groups is 2. The van der Waals surface area contributed by atoms with Crippen LogP contribution in [0.25, 0.3) is 0 Å². The Labute approximate surface area is 99.8 Å². The molecule has 17 heavy (non-hydrogen) atoms. The van der Waals surface area contributed by atoms with Gasteiger partial charge in [0.15, 0.2) is 0 Å². The van der Waals surface area contributed by atoms with Crippen LogP contribution in [-0.2, 0) is 11.2 Å². The molecule has 0 aliphatic carbocycles. The maximum absolute atomic E-state index is 11.4. The monoisotopic (exact) mass is 236 g/mol. The second-order valence-corrected chi connectivity index (χ2v) is 3.58. The normalized spacial score (nSPS) is 9.71. The number of aryl methyl sites for hydroxylation is 1. The van der Waals surface area contributed by atoms with Crippen LogP contribution in [0.1, 0.15) is 18.9 Å². The molecule has 0 aliphatic rings. The van der Waals surface area contributed by atoms with E-state index in [-0.39, 0.29) is 19.0 Å². The van der Waals surface area contributed by atoms with Crippen molar-refractivity contribution >= 4 is 17.7 Å². The van der Waals surface area contributed by atoms with Gasteiger partial charge in [-0.05, 0) is 24.1 Å². The van der Waals surface area contributed by atoms with Crippen LogP contribution in [0.3, 0.4) is 0 Å². The van der Waals surface area contributed by atoms with Gasteiger partial charge >= 0.3 is 12.0 Å². The van der Waals surface area contributed by atoms with Gasteiger partial charge in [0, 0.05) is 12.2 Å². The molecule has 0 saturated heterocycles. The van der Waals surface area contributed by atoms with Crippen molar-refractivity contribution in [3.8, 4) is 0 Å². The highest BCUT2D eigenvalue weighted by molar-refractivity contribution is 5.89. The molecule has 92 valence electrons. The van der Waals surface area contributed by atoms with Crippen LogP contribution < -0.4 is 10.6 Å². The van der Waals surface area contributed by atoms with Crippen molar-refractivity contribution in [2.75, 3.05) is 11.9 Å². The van der Waals surface area contributed by atoms with E-state index in [2.05, 4.69) is 10.6 Å². The van der Waals surface area contributed by atoms with Crippen LogP contribution >= 0.6 is 0 Å². The Hall–Kier alpha value is -2.04. The number of rotatable bonds is 5. The molecule has 0 spiro atoms. The number of hydrogen-bond donors (Lipinski definition) is 3. The first-order valence-corrected chi connectivity index (χ1v) is 5.47. The number of amides is 2. The lowest BCUT2D eigenvalue weighted by Crippen LogP contribution is -2.30. The van der Waals surface area contributed by atoms with Crippen molar-refractivity contribution in [2.45, 2.75) is 19.8 Å². The van der Waals surface area contributed by atoms with Gasteiger partial charge in [-0.2, -0.15) is 0 Å². The Morgan fingerprint density at radius 2 is 2.12 bits per heavy atom. The van der Waals surface area contributed by atoms with Gasteiger partial charge in [-0.15, -0.1) is 0 Å². The Kier molecular flexibility index (Phi) is 5.00. The van der Waals surface area contributed by atoms with Crippen molar-refractivity contribution in [3.05, 3.63) is 29.8 Å². The summed E-state index contributed by atoms with van der Waals surface area (Å²) in [6.07, 6.45) is 0.818. The van der Waals surface area contributed by atoms with Gasteiger partial charge < -0.3 is 15.7 Å². The first kappa shape index (κ1) is 13.0. The van der Waals surface area contributed by atoms with Crippen LogP contribution in [0.5, 0.6) is 0 Å². The van der Waals surface area contributed by atoms with Crippen molar-refractivity contribution in [1.29, 1.82) is 0 Å². The molecule has 0 fully saturated rings. The lowest BCUT2D eigenvalue weighted by molar-refractivity contribution is -0.136. The minimum Gasteiger partial charge on any atom is -0.481 e. The van der Waals surface area contributed by atoms with E-state index < -0.39 is 5.97 Å². The molecule has 3 N–H and O–H groups in total. The molecule has 0 saturated carbocycles. The lowest BCUT2D eigenvalue weighted by Gasteiger charge is -2.07. The Bertz CT molecular complexity index is 404. The summed E-state index contributed by atoms with van der Waals surface area (Å²) in [5, 5.41) is 13.5. The molecular weight excluding hydrogens is 220 g/mol. The molecule has 0 unspecified atom stereocenters. The summed E-state index contributed by atoms with van der Waals surface area (Å²) < 4.78 is 0. The molecule has 1 rings (SSSR count). The number of carboxylic acid groups (broad SMARTS) is 1. The van der Waals surface area contributed by atoms with Gasteiger partial charge in [-0.3, -0.25) is 4.79 Å². The fourth-order valence-electron chi connectivity index (χ4n) is 1.33. The van der Waals surface area contributed by atoms with Crippen molar-refractivity contribution in [2.24, 2.45) is 0 Å². The summed E-state index contributed by atoms with van der Waals surface area (Å²) in [7, 11) is 0. The number of anilines is 1. The van der Waals surface area contributed by atoms with Gasteiger partial charge in [0.2, 0.25) is 0 Å². The van der Waals surface area contributed by atoms with E-state index in [1.54, 1.807) is 6.07 Å². The van der Waals surface area contributed by atoms with Crippen molar-refractivity contribution < 1.29 is 14.7 Å². The number of urea groups is 1. The Balaban J connectivity index is 2.42. The fraction of sp³-hybridized carbons (Fsp3) is 0.333. The number of hydrogen-bond acceptors (Lipinski definition) is 2.